The number of anilines is 1. The van der Waals surface area contributed by atoms with Crippen LogP contribution in [0.15, 0.2) is 54.6 Å². The second-order valence-electron chi connectivity index (χ2n) is 8.44. The molecule has 148 valence electrons. The van der Waals surface area contributed by atoms with Crippen molar-refractivity contribution in [3.8, 4) is 0 Å². The average molecular weight is 379 g/mol. The van der Waals surface area contributed by atoms with Gasteiger partial charge in [0.2, 0.25) is 0 Å². The predicted octanol–water partition coefficient (Wildman–Crippen LogP) is 4.05. The smallest absolute Gasteiger partial charge is 0.254 e. The molecule has 2 aromatic carbocycles. The third-order valence-electron chi connectivity index (χ3n) is 6.64. The van der Waals surface area contributed by atoms with Crippen molar-refractivity contribution in [3.05, 3.63) is 65.7 Å². The number of amides is 1. The largest absolute Gasteiger partial charge is 0.385 e. The maximum Gasteiger partial charge on any atom is 0.254 e. The Balaban J connectivity index is 1.61. The summed E-state index contributed by atoms with van der Waals surface area (Å²) in [5.74, 6) is 0.194. The fourth-order valence-electron chi connectivity index (χ4n) is 5.09. The maximum absolute atomic E-state index is 13.3. The molecule has 4 heteroatoms. The fraction of sp³-hybridized carbons (Fsp3) is 0.458. The SMILES string of the molecule is CN(C)c1ccc(C(=O)N2CCC(O)(c3ccccc3)C3CCCCC32)cc1. The Kier molecular flexibility index (Phi) is 5.15. The van der Waals surface area contributed by atoms with Crippen LogP contribution in [0.4, 0.5) is 5.69 Å². The van der Waals surface area contributed by atoms with E-state index in [1.54, 1.807) is 0 Å². The minimum absolute atomic E-state index is 0.0947. The Morgan fingerprint density at radius 1 is 1.04 bits per heavy atom. The van der Waals surface area contributed by atoms with Crippen molar-refractivity contribution < 1.29 is 9.90 Å². The van der Waals surface area contributed by atoms with Crippen molar-refractivity contribution in [2.45, 2.75) is 43.7 Å². The van der Waals surface area contributed by atoms with Gasteiger partial charge in [0.1, 0.15) is 0 Å². The van der Waals surface area contributed by atoms with Gasteiger partial charge in [0, 0.05) is 43.9 Å². The molecule has 1 N–H and O–H groups in total. The van der Waals surface area contributed by atoms with Crippen LogP contribution in [0.1, 0.15) is 48.0 Å². The van der Waals surface area contributed by atoms with Gasteiger partial charge in [0.15, 0.2) is 0 Å². The lowest BCUT2D eigenvalue weighted by molar-refractivity contribution is -0.110. The zero-order chi connectivity index (χ0) is 19.7. The van der Waals surface area contributed by atoms with Gasteiger partial charge in [-0.25, -0.2) is 0 Å². The third-order valence-corrected chi connectivity index (χ3v) is 6.64. The molecule has 0 radical (unpaired) electrons. The Labute approximate surface area is 167 Å². The normalized spacial score (nSPS) is 27.2. The lowest BCUT2D eigenvalue weighted by Crippen LogP contribution is -2.58. The summed E-state index contributed by atoms with van der Waals surface area (Å²) in [7, 11) is 4.00. The van der Waals surface area contributed by atoms with Gasteiger partial charge in [0.25, 0.3) is 5.91 Å². The minimum atomic E-state index is -0.835. The molecule has 1 heterocycles. The predicted molar refractivity (Wildman–Crippen MR) is 113 cm³/mol. The van der Waals surface area contributed by atoms with Gasteiger partial charge < -0.3 is 14.9 Å². The van der Waals surface area contributed by atoms with E-state index in [-0.39, 0.29) is 17.9 Å². The highest BCUT2D eigenvalue weighted by Gasteiger charge is 2.50. The van der Waals surface area contributed by atoms with Crippen LogP contribution in [0.2, 0.25) is 0 Å². The number of nitrogens with zero attached hydrogens (tertiary/aromatic N) is 2. The highest BCUT2D eigenvalue weighted by atomic mass is 16.3. The summed E-state index contributed by atoms with van der Waals surface area (Å²) in [6.45, 7) is 0.598. The van der Waals surface area contributed by atoms with Crippen molar-refractivity contribution in [3.63, 3.8) is 0 Å². The summed E-state index contributed by atoms with van der Waals surface area (Å²) in [6.07, 6.45) is 4.78. The number of rotatable bonds is 3. The number of aliphatic hydroxyl groups is 1. The van der Waals surface area contributed by atoms with Crippen molar-refractivity contribution in [1.29, 1.82) is 0 Å². The molecule has 1 aliphatic carbocycles. The van der Waals surface area contributed by atoms with Gasteiger partial charge in [-0.2, -0.15) is 0 Å². The van der Waals surface area contributed by atoms with E-state index in [2.05, 4.69) is 0 Å². The van der Waals surface area contributed by atoms with Gasteiger partial charge in [-0.1, -0.05) is 43.2 Å². The van der Waals surface area contributed by atoms with E-state index in [0.29, 0.717) is 13.0 Å². The van der Waals surface area contributed by atoms with Gasteiger partial charge in [-0.3, -0.25) is 4.79 Å². The van der Waals surface area contributed by atoms with Crippen LogP contribution in [0.25, 0.3) is 0 Å². The topological polar surface area (TPSA) is 43.8 Å². The first-order valence-electron chi connectivity index (χ1n) is 10.4. The first-order valence-corrected chi connectivity index (χ1v) is 10.4. The molecule has 4 rings (SSSR count). The number of hydrogen-bond acceptors (Lipinski definition) is 3. The molecule has 4 nitrogen and oxygen atoms in total. The molecule has 2 fully saturated rings. The maximum atomic E-state index is 13.3. The first-order chi connectivity index (χ1) is 13.5. The van der Waals surface area contributed by atoms with Crippen molar-refractivity contribution in [2.75, 3.05) is 25.5 Å². The molecule has 2 aromatic rings. The molecule has 28 heavy (non-hydrogen) atoms. The molecule has 3 atom stereocenters. The standard InChI is InChI=1S/C24H30N2O2/c1-25(2)20-14-12-18(13-15-20)23(27)26-17-16-24(28,19-8-4-3-5-9-19)21-10-6-7-11-22(21)26/h3-5,8-9,12-15,21-22,28H,6-7,10-11,16-17H2,1-2H3. The highest BCUT2D eigenvalue weighted by Crippen LogP contribution is 2.47. The Morgan fingerprint density at radius 2 is 1.71 bits per heavy atom. The van der Waals surface area contributed by atoms with Crippen LogP contribution in [0.3, 0.4) is 0 Å². The van der Waals surface area contributed by atoms with Gasteiger partial charge in [0.05, 0.1) is 5.60 Å². The number of hydrogen-bond donors (Lipinski definition) is 1. The second-order valence-corrected chi connectivity index (χ2v) is 8.44. The number of likely N-dealkylation sites (tertiary alicyclic amines) is 1. The number of carbonyl (C=O) groups excluding carboxylic acids is 1. The Bertz CT molecular complexity index is 818. The lowest BCUT2D eigenvalue weighted by atomic mass is 9.66. The number of piperidine rings is 1. The zero-order valence-electron chi connectivity index (χ0n) is 16.8. The molecule has 1 saturated carbocycles. The van der Waals surface area contributed by atoms with Gasteiger partial charge in [-0.05, 0) is 49.1 Å². The molecule has 2 aliphatic rings. The molecule has 0 spiro atoms. The minimum Gasteiger partial charge on any atom is -0.385 e. The third kappa shape index (κ3) is 3.30. The van der Waals surface area contributed by atoms with Crippen molar-refractivity contribution in [1.82, 2.24) is 4.90 Å². The average Bonchev–Trinajstić information content (AvgIpc) is 2.74. The highest BCUT2D eigenvalue weighted by molar-refractivity contribution is 5.95. The van der Waals surface area contributed by atoms with E-state index in [0.717, 1.165) is 42.5 Å². The molecule has 0 bridgehead atoms. The lowest BCUT2D eigenvalue weighted by Gasteiger charge is -2.52. The number of carbonyl (C=O) groups is 1. The van der Waals surface area contributed by atoms with Crippen LogP contribution in [0.5, 0.6) is 0 Å². The van der Waals surface area contributed by atoms with Crippen LogP contribution in [-0.2, 0) is 5.60 Å². The summed E-state index contributed by atoms with van der Waals surface area (Å²) < 4.78 is 0. The van der Waals surface area contributed by atoms with E-state index in [9.17, 15) is 9.90 Å². The van der Waals surface area contributed by atoms with E-state index in [1.807, 2.05) is 78.5 Å². The molecule has 1 amide bonds. The summed E-state index contributed by atoms with van der Waals surface area (Å²) in [5.41, 5.74) is 1.98. The molecule has 1 aliphatic heterocycles. The van der Waals surface area contributed by atoms with Crippen LogP contribution < -0.4 is 4.90 Å². The Morgan fingerprint density at radius 3 is 2.39 bits per heavy atom. The molecule has 1 saturated heterocycles. The summed E-state index contributed by atoms with van der Waals surface area (Å²) >= 11 is 0. The van der Waals surface area contributed by atoms with Gasteiger partial charge >= 0.3 is 0 Å². The molecular formula is C24H30N2O2. The van der Waals surface area contributed by atoms with Crippen molar-refractivity contribution >= 4 is 11.6 Å². The van der Waals surface area contributed by atoms with Crippen molar-refractivity contribution in [2.24, 2.45) is 5.92 Å². The van der Waals surface area contributed by atoms with E-state index in [4.69, 9.17) is 0 Å². The summed E-state index contributed by atoms with van der Waals surface area (Å²) in [4.78, 5) is 17.4. The Hall–Kier alpha value is -2.33. The second kappa shape index (κ2) is 7.59. The van der Waals surface area contributed by atoms with E-state index < -0.39 is 5.60 Å². The monoisotopic (exact) mass is 378 g/mol. The van der Waals surface area contributed by atoms with Crippen LogP contribution in [-0.4, -0.2) is 42.6 Å². The number of benzene rings is 2. The molecular weight excluding hydrogens is 348 g/mol. The summed E-state index contributed by atoms with van der Waals surface area (Å²) in [5, 5.41) is 11.7. The number of fused-ring (bicyclic) bond motifs is 1. The first kappa shape index (κ1) is 19.0. The zero-order valence-corrected chi connectivity index (χ0v) is 16.8. The molecule has 3 unspecified atom stereocenters. The van der Waals surface area contributed by atoms with Crippen LogP contribution >= 0.6 is 0 Å². The van der Waals surface area contributed by atoms with Crippen LogP contribution in [0, 0.1) is 5.92 Å². The quantitative estimate of drug-likeness (QED) is 0.876. The molecule has 0 aromatic heterocycles. The van der Waals surface area contributed by atoms with E-state index >= 15 is 0 Å². The van der Waals surface area contributed by atoms with Gasteiger partial charge in [-0.15, -0.1) is 0 Å². The summed E-state index contributed by atoms with van der Waals surface area (Å²) in [6, 6.07) is 18.0. The fourth-order valence-corrected chi connectivity index (χ4v) is 5.09. The van der Waals surface area contributed by atoms with E-state index in [1.165, 1.54) is 0 Å².